The topological polar surface area (TPSA) is 65.0 Å². The summed E-state index contributed by atoms with van der Waals surface area (Å²) in [6, 6.07) is 10.7. The fourth-order valence-corrected chi connectivity index (χ4v) is 4.92. The molecule has 1 aromatic carbocycles. The van der Waals surface area contributed by atoms with Crippen LogP contribution in [0.25, 0.3) is 0 Å². The quantitative estimate of drug-likeness (QED) is 0.375. The minimum absolute atomic E-state index is 0. The molecule has 0 aliphatic carbocycles. The van der Waals surface area contributed by atoms with Crippen LogP contribution < -0.4 is 5.32 Å². The van der Waals surface area contributed by atoms with Crippen molar-refractivity contribution in [3.05, 3.63) is 35.9 Å². The molecule has 0 saturated carbocycles. The molecule has 2 heterocycles. The van der Waals surface area contributed by atoms with Gasteiger partial charge in [-0.1, -0.05) is 30.3 Å². The molecule has 2 saturated heterocycles. The maximum absolute atomic E-state index is 11.5. The highest BCUT2D eigenvalue weighted by Crippen LogP contribution is 2.26. The van der Waals surface area contributed by atoms with E-state index in [1.54, 1.807) is 0 Å². The Morgan fingerprint density at radius 3 is 2.56 bits per heavy atom. The second-order valence-corrected chi connectivity index (χ2v) is 9.38. The van der Waals surface area contributed by atoms with Crippen LogP contribution in [0.15, 0.2) is 35.3 Å². The van der Waals surface area contributed by atoms with E-state index in [2.05, 4.69) is 52.4 Å². The third-order valence-corrected chi connectivity index (χ3v) is 6.82. The van der Waals surface area contributed by atoms with Crippen LogP contribution in [0.1, 0.15) is 24.8 Å². The number of likely N-dealkylation sites (tertiary alicyclic amines) is 1. The molecule has 1 N–H and O–H groups in total. The Morgan fingerprint density at radius 1 is 1.19 bits per heavy atom. The molecule has 2 aliphatic heterocycles. The third-order valence-electron chi connectivity index (χ3n) is 5.21. The molecule has 1 atom stereocenters. The molecule has 1 unspecified atom stereocenters. The van der Waals surface area contributed by atoms with Crippen molar-refractivity contribution in [2.75, 3.05) is 57.3 Å². The molecular weight excluding hydrogens is 475 g/mol. The van der Waals surface area contributed by atoms with Gasteiger partial charge in [-0.05, 0) is 18.9 Å². The fourth-order valence-electron chi connectivity index (χ4n) is 3.65. The van der Waals surface area contributed by atoms with Crippen LogP contribution in [-0.4, -0.2) is 81.5 Å². The van der Waals surface area contributed by atoms with Gasteiger partial charge >= 0.3 is 0 Å². The van der Waals surface area contributed by atoms with Gasteiger partial charge in [0.15, 0.2) is 15.8 Å². The Hall–Kier alpha value is -0.870. The van der Waals surface area contributed by atoms with Crippen molar-refractivity contribution in [3.63, 3.8) is 0 Å². The van der Waals surface area contributed by atoms with Crippen LogP contribution in [0.4, 0.5) is 0 Å². The van der Waals surface area contributed by atoms with Gasteiger partial charge in [0.05, 0.1) is 18.1 Å². The van der Waals surface area contributed by atoms with Crippen LogP contribution in [0.3, 0.4) is 0 Å². The zero-order valence-electron chi connectivity index (χ0n) is 16.0. The second kappa shape index (κ2) is 10.6. The average molecular weight is 506 g/mol. The van der Waals surface area contributed by atoms with E-state index in [1.165, 1.54) is 5.56 Å². The van der Waals surface area contributed by atoms with E-state index in [-0.39, 0.29) is 35.5 Å². The number of hydrogen-bond donors (Lipinski definition) is 1. The van der Waals surface area contributed by atoms with Gasteiger partial charge in [0.2, 0.25) is 0 Å². The summed E-state index contributed by atoms with van der Waals surface area (Å²) in [5.74, 6) is 2.10. The van der Waals surface area contributed by atoms with Crippen LogP contribution in [0.5, 0.6) is 0 Å². The smallest absolute Gasteiger partial charge is 0.193 e. The monoisotopic (exact) mass is 506 g/mol. The molecule has 6 nitrogen and oxygen atoms in total. The lowest BCUT2D eigenvalue weighted by atomic mass is 9.99. The molecule has 8 heteroatoms. The molecule has 0 spiro atoms. The van der Waals surface area contributed by atoms with Crippen molar-refractivity contribution in [1.29, 1.82) is 0 Å². The number of hydrogen-bond acceptors (Lipinski definition) is 4. The molecule has 2 fully saturated rings. The molecule has 1 aromatic rings. The van der Waals surface area contributed by atoms with Gasteiger partial charge in [-0.2, -0.15) is 0 Å². The summed E-state index contributed by atoms with van der Waals surface area (Å²) in [4.78, 5) is 9.34. The molecule has 0 aromatic heterocycles. The zero-order chi connectivity index (χ0) is 18.4. The number of guanidine groups is 1. The lowest BCUT2D eigenvalue weighted by Gasteiger charge is -2.26. The second-order valence-electron chi connectivity index (χ2n) is 7.07. The normalized spacial score (nSPS) is 23.1. The molecule has 0 bridgehead atoms. The minimum Gasteiger partial charge on any atom is -0.357 e. The van der Waals surface area contributed by atoms with Crippen molar-refractivity contribution >= 4 is 39.8 Å². The first-order valence-corrected chi connectivity index (χ1v) is 11.4. The first-order chi connectivity index (χ1) is 12.6. The van der Waals surface area contributed by atoms with E-state index < -0.39 is 9.84 Å². The highest BCUT2D eigenvalue weighted by Gasteiger charge is 2.26. The highest BCUT2D eigenvalue weighted by molar-refractivity contribution is 14.0. The Balaban J connectivity index is 0.00000261. The van der Waals surface area contributed by atoms with Gasteiger partial charge < -0.3 is 10.2 Å². The maximum Gasteiger partial charge on any atom is 0.193 e. The SMILES string of the molecule is CCNC(=NCCN1CCS(=O)(=O)CC1)N1CCC(c2ccccc2)C1.I. The predicted molar refractivity (Wildman–Crippen MR) is 122 cm³/mol. The van der Waals surface area contributed by atoms with Crippen LogP contribution >= 0.6 is 24.0 Å². The number of benzene rings is 1. The van der Waals surface area contributed by atoms with E-state index in [0.717, 1.165) is 38.6 Å². The van der Waals surface area contributed by atoms with Crippen molar-refractivity contribution < 1.29 is 8.42 Å². The molecule has 3 rings (SSSR count). The summed E-state index contributed by atoms with van der Waals surface area (Å²) in [6.45, 7) is 7.76. The van der Waals surface area contributed by atoms with E-state index >= 15 is 0 Å². The summed E-state index contributed by atoms with van der Waals surface area (Å²) in [5, 5.41) is 3.41. The Kier molecular flexibility index (Phi) is 8.81. The minimum atomic E-state index is -2.81. The van der Waals surface area contributed by atoms with Crippen molar-refractivity contribution in [2.24, 2.45) is 4.99 Å². The Bertz CT molecular complexity index is 698. The number of sulfone groups is 1. The largest absolute Gasteiger partial charge is 0.357 e. The number of nitrogens with one attached hydrogen (secondary N) is 1. The molecule has 2 aliphatic rings. The number of halogens is 1. The standard InChI is InChI=1S/C19H30N4O2S.HI/c1-2-20-19(21-9-11-22-12-14-26(24,25)15-13-22)23-10-8-18(16-23)17-6-4-3-5-7-17;/h3-7,18H,2,8-16H2,1H3,(H,20,21);1H. The van der Waals surface area contributed by atoms with Gasteiger partial charge in [-0.3, -0.25) is 9.89 Å². The van der Waals surface area contributed by atoms with Crippen LogP contribution in [0, 0.1) is 0 Å². The molecule has 152 valence electrons. The number of rotatable bonds is 5. The Labute approximate surface area is 180 Å². The van der Waals surface area contributed by atoms with Gasteiger partial charge in [-0.25, -0.2) is 8.42 Å². The van der Waals surface area contributed by atoms with Crippen molar-refractivity contribution in [3.8, 4) is 0 Å². The van der Waals surface area contributed by atoms with Gasteiger partial charge in [0.25, 0.3) is 0 Å². The summed E-state index contributed by atoms with van der Waals surface area (Å²) < 4.78 is 23.0. The molecular formula is C19H31IN4O2S. The molecule has 0 radical (unpaired) electrons. The summed E-state index contributed by atoms with van der Waals surface area (Å²) in [7, 11) is -2.81. The summed E-state index contributed by atoms with van der Waals surface area (Å²) in [6.07, 6.45) is 1.15. The van der Waals surface area contributed by atoms with Gasteiger partial charge in [-0.15, -0.1) is 24.0 Å². The Morgan fingerprint density at radius 2 is 1.89 bits per heavy atom. The molecule has 0 amide bonds. The van der Waals surface area contributed by atoms with Crippen LogP contribution in [-0.2, 0) is 9.84 Å². The first-order valence-electron chi connectivity index (χ1n) is 9.58. The lowest BCUT2D eigenvalue weighted by Crippen LogP contribution is -2.43. The van der Waals surface area contributed by atoms with Gasteiger partial charge in [0, 0.05) is 45.2 Å². The summed E-state index contributed by atoms with van der Waals surface area (Å²) in [5.41, 5.74) is 1.40. The number of nitrogens with zero attached hydrogens (tertiary/aromatic N) is 3. The lowest BCUT2D eigenvalue weighted by molar-refractivity contribution is 0.303. The third kappa shape index (κ3) is 6.60. The van der Waals surface area contributed by atoms with E-state index in [4.69, 9.17) is 4.99 Å². The fraction of sp³-hybridized carbons (Fsp3) is 0.632. The predicted octanol–water partition coefficient (Wildman–Crippen LogP) is 1.79. The molecule has 27 heavy (non-hydrogen) atoms. The zero-order valence-corrected chi connectivity index (χ0v) is 19.2. The van der Waals surface area contributed by atoms with Crippen LogP contribution in [0.2, 0.25) is 0 Å². The van der Waals surface area contributed by atoms with Gasteiger partial charge in [0.1, 0.15) is 0 Å². The highest BCUT2D eigenvalue weighted by atomic mass is 127. The van der Waals surface area contributed by atoms with E-state index in [1.807, 2.05) is 0 Å². The maximum atomic E-state index is 11.5. The van der Waals surface area contributed by atoms with E-state index in [0.29, 0.717) is 25.6 Å². The van der Waals surface area contributed by atoms with E-state index in [9.17, 15) is 8.42 Å². The van der Waals surface area contributed by atoms with Crippen molar-refractivity contribution in [1.82, 2.24) is 15.1 Å². The average Bonchev–Trinajstić information content (AvgIpc) is 3.13. The number of aliphatic imine (C=N–C) groups is 1. The van der Waals surface area contributed by atoms with Crippen molar-refractivity contribution in [2.45, 2.75) is 19.3 Å². The summed E-state index contributed by atoms with van der Waals surface area (Å²) >= 11 is 0. The first kappa shape index (κ1) is 22.4.